The van der Waals surface area contributed by atoms with Gasteiger partial charge in [-0.05, 0) is 130 Å². The molecule has 2 aromatic heterocycles. The number of phenols is 1. The van der Waals surface area contributed by atoms with E-state index in [4.69, 9.17) is 28.7 Å². The number of Topliss-reactive ketones (excluding diaryl/α,β-unsaturated/α-hetero) is 1. The fraction of sp³-hybridized carbons (Fsp3) is 0.540. The number of likely N-dealkylation sites (N-methyl/N-ethyl adjacent to an activating group) is 3. The number of aromatic hydroxyl groups is 1. The van der Waals surface area contributed by atoms with Crippen molar-refractivity contribution in [1.29, 1.82) is 0 Å². The number of nitrogens with zero attached hydrogens (tertiary/aromatic N) is 5. The second kappa shape index (κ2) is 51.4. The number of fused-ring (bicyclic) bond motifs is 2. The van der Waals surface area contributed by atoms with Crippen molar-refractivity contribution in [3.63, 3.8) is 0 Å². The van der Waals surface area contributed by atoms with Gasteiger partial charge < -0.3 is 126 Å². The summed E-state index contributed by atoms with van der Waals surface area (Å²) in [5.74, 6) is -18.3. The number of nitrogens with one attached hydrogen (secondary N) is 10. The largest absolute Gasteiger partial charge is 0.508 e. The van der Waals surface area contributed by atoms with Crippen molar-refractivity contribution >= 4 is 150 Å². The number of H-pyrrole nitrogens is 1. The van der Waals surface area contributed by atoms with E-state index in [1.165, 1.54) is 80.4 Å². The van der Waals surface area contributed by atoms with Crippen LogP contribution in [0.15, 0.2) is 84.4 Å². The first kappa shape index (κ1) is 106. The van der Waals surface area contributed by atoms with Gasteiger partial charge in [0.05, 0.1) is 43.3 Å². The monoisotopic (exact) mass is 1860 g/mol. The van der Waals surface area contributed by atoms with Crippen LogP contribution in [0.5, 0.6) is 5.75 Å². The summed E-state index contributed by atoms with van der Waals surface area (Å²) >= 11 is 2.18. The number of carboxylic acid groups (broad SMARTS) is 2. The number of aromatic amines is 1. The standard InChI is InChI=1S/C87H124N20O22S2/c1-8-10-22-66(104(6)87(129)68(23-11-9-2)105(7)84(126)61(36-51-44-131-70-25-15-13-19-55(51)70)99-79(121)59(30-32-89)96-76(118)56(91)35-50-41-93-57-20-14-12-18-54(50)57)81(123)97-58(21-16-31-88)78(120)102-65(77(119)94-42-71(92)111)45-130-46-72(112)95-60(34-49-26-28-52(109)29-27-49)83(125)103(5)47(3)75(117)98-62(38-73(113)114)85(127)106-33-17-24-67(106)82(124)101-64(40-90)80(122)100-63(39-74(115)116)86(128)107-43-53(110)37-69(107)48(4)108/h12-15,18-20,25-29,41,44,47,53,56,58-69,93,109-110H,8-11,16-17,21-24,30-40,42-43,45-46,88-91H2,1-7H3,(H2,92,111)(H,94,119)(H,95,112)(H,96,118)(H,97,123)(H,98,117)(H,99,121)(H,100,122)(H,101,124)(H,102,120)(H,113,114)(H,115,116)/t47-,53+,56-,58-,59-,60-,61-,62-,63-,64-,65-,66-,67-,68-,69-/m0/s1. The highest BCUT2D eigenvalue weighted by atomic mass is 32.2. The number of primary amides is 1. The number of carboxylic acids is 2. The third kappa shape index (κ3) is 30.4. The van der Waals surface area contributed by atoms with Gasteiger partial charge in [-0.1, -0.05) is 88.1 Å². The number of ketones is 1. The number of rotatable bonds is 53. The Kier molecular flexibility index (Phi) is 41.5. The van der Waals surface area contributed by atoms with E-state index in [0.29, 0.717) is 36.8 Å². The molecule has 15 amide bonds. The van der Waals surface area contributed by atoms with Gasteiger partial charge in [-0.25, -0.2) is 0 Å². The molecule has 0 unspecified atom stereocenters. The first-order valence-corrected chi connectivity index (χ1v) is 45.5. The number of likely N-dealkylation sites (tertiary alicyclic amines) is 2. The van der Waals surface area contributed by atoms with E-state index < -0.39 is 234 Å². The Balaban J connectivity index is 1.03. The SMILES string of the molecule is CCCC[C@@H](C(=O)N(C)[C@@H](CCCC)C(=O)N[C@@H](CCCN)C(=O)N[C@@H](CSCC(=O)N[C@@H](Cc1ccc(O)cc1)C(=O)N(C)[C@@H](C)C(=O)N[C@@H](CC(=O)O)C(=O)N1CCC[C@H]1C(=O)N[C@@H](CN)C(=O)N[C@@H](CC(=O)O)C(=O)N1C[C@H](O)C[C@H]1C(C)=O)C(=O)NCC(N)=O)N(C)C(=O)[C@H](Cc1csc2ccccc12)NC(=O)[C@H](CCN)NC(=O)[C@@H](N)Cc1c[nH]c2ccccc12. The summed E-state index contributed by atoms with van der Waals surface area (Å²) in [7, 11) is 3.99. The summed E-state index contributed by atoms with van der Waals surface area (Å²) in [5, 5.41) is 66.6. The number of aromatic nitrogens is 1. The maximum Gasteiger partial charge on any atom is 0.305 e. The molecule has 2 saturated heterocycles. The number of aliphatic hydroxyl groups is 1. The van der Waals surface area contributed by atoms with Gasteiger partial charge in [-0.2, -0.15) is 0 Å². The molecule has 3 aromatic carbocycles. The molecule has 0 aliphatic carbocycles. The number of hydrogen-bond acceptors (Lipinski definition) is 26. The topological polar surface area (TPSA) is 659 Å². The lowest BCUT2D eigenvalue weighted by Crippen LogP contribution is -2.61. The van der Waals surface area contributed by atoms with Crippen molar-refractivity contribution in [3.8, 4) is 5.75 Å². The lowest BCUT2D eigenvalue weighted by atomic mass is 9.99. The minimum absolute atomic E-state index is 0.00783. The Bertz CT molecular complexity index is 4880. The van der Waals surface area contributed by atoms with E-state index >= 15 is 14.4 Å². The molecule has 0 saturated carbocycles. The molecule has 2 aliphatic rings. The van der Waals surface area contributed by atoms with E-state index in [9.17, 15) is 92.3 Å². The summed E-state index contributed by atoms with van der Waals surface area (Å²) < 4.78 is 0.901. The number of phenolic OH excluding ortho intramolecular Hbond substituents is 1. The summed E-state index contributed by atoms with van der Waals surface area (Å²) in [5.41, 5.74) is 32.5. The van der Waals surface area contributed by atoms with Gasteiger partial charge in [0.1, 0.15) is 78.3 Å². The number of aliphatic carboxylic acids is 2. The third-order valence-corrected chi connectivity index (χ3v) is 25.0. The Hall–Kier alpha value is -12.2. The molecule has 2 aliphatic heterocycles. The number of carbonyl (C=O) groups excluding carboxylic acids is 16. The number of para-hydroxylation sites is 1. The average Bonchev–Trinajstić information content (AvgIpc) is 1.61. The molecule has 0 bridgehead atoms. The minimum Gasteiger partial charge on any atom is -0.508 e. The van der Waals surface area contributed by atoms with E-state index in [0.717, 1.165) is 53.0 Å². The molecule has 7 rings (SSSR count). The lowest BCUT2D eigenvalue weighted by Gasteiger charge is -2.36. The zero-order valence-electron chi connectivity index (χ0n) is 74.5. The molecule has 15 atom stereocenters. The number of unbranched alkanes of at least 4 members (excludes halogenated alkanes) is 2. The smallest absolute Gasteiger partial charge is 0.305 e. The number of β-amino-alcohol motifs (C(OH)–C–C–N with tert-alkyl or cyclic N) is 1. The summed E-state index contributed by atoms with van der Waals surface area (Å²) in [6, 6.07) is 0.137. The van der Waals surface area contributed by atoms with Gasteiger partial charge in [-0.15, -0.1) is 23.1 Å². The molecule has 131 heavy (non-hydrogen) atoms. The van der Waals surface area contributed by atoms with Gasteiger partial charge in [0, 0.05) is 87.6 Å². The fourth-order valence-electron chi connectivity index (χ4n) is 15.6. The van der Waals surface area contributed by atoms with Crippen molar-refractivity contribution in [2.75, 3.05) is 71.9 Å². The fourth-order valence-corrected chi connectivity index (χ4v) is 17.4. The molecule has 2 fully saturated rings. The van der Waals surface area contributed by atoms with Gasteiger partial charge in [0.25, 0.3) is 0 Å². The lowest BCUT2D eigenvalue weighted by molar-refractivity contribution is -0.149. The molecule has 42 nitrogen and oxygen atoms in total. The van der Waals surface area contributed by atoms with Crippen molar-refractivity contribution in [3.05, 3.63) is 101 Å². The Labute approximate surface area is 765 Å². The predicted molar refractivity (Wildman–Crippen MR) is 484 cm³/mol. The van der Waals surface area contributed by atoms with Crippen molar-refractivity contribution in [1.82, 2.24) is 77.3 Å². The van der Waals surface area contributed by atoms with Crippen LogP contribution in [-0.2, 0) is 106 Å². The zero-order chi connectivity index (χ0) is 96.6. The van der Waals surface area contributed by atoms with Crippen LogP contribution in [0.2, 0.25) is 0 Å². The van der Waals surface area contributed by atoms with Crippen LogP contribution in [0.4, 0.5) is 0 Å². The number of hydrogen-bond donors (Lipinski definition) is 19. The molecular formula is C87H124N20O22S2. The average molecular weight is 1870 g/mol. The van der Waals surface area contributed by atoms with Crippen LogP contribution in [0.3, 0.4) is 0 Å². The van der Waals surface area contributed by atoms with Crippen LogP contribution in [0.25, 0.3) is 21.0 Å². The van der Waals surface area contributed by atoms with Crippen LogP contribution in [0.1, 0.15) is 134 Å². The van der Waals surface area contributed by atoms with Crippen LogP contribution in [0, 0.1) is 0 Å². The van der Waals surface area contributed by atoms with Crippen molar-refractivity contribution in [2.45, 2.75) is 228 Å². The van der Waals surface area contributed by atoms with Gasteiger partial charge in [-0.3, -0.25) is 86.3 Å². The Morgan fingerprint density at radius 2 is 1.12 bits per heavy atom. The van der Waals surface area contributed by atoms with Gasteiger partial charge >= 0.3 is 11.9 Å². The third-order valence-electron chi connectivity index (χ3n) is 23.0. The van der Waals surface area contributed by atoms with E-state index in [1.54, 1.807) is 6.20 Å². The first-order valence-electron chi connectivity index (χ1n) is 43.5. The summed E-state index contributed by atoms with van der Waals surface area (Å²) in [4.78, 5) is 259. The molecular weight excluding hydrogens is 1740 g/mol. The highest BCUT2D eigenvalue weighted by Crippen LogP contribution is 2.30. The molecule has 0 radical (unpaired) electrons. The maximum absolute atomic E-state index is 15.4. The second-order valence-electron chi connectivity index (χ2n) is 32.7. The molecule has 0 spiro atoms. The van der Waals surface area contributed by atoms with E-state index in [1.807, 2.05) is 67.8 Å². The Morgan fingerprint density at radius 1 is 0.565 bits per heavy atom. The summed E-state index contributed by atoms with van der Waals surface area (Å²) in [6.45, 7) is 4.22. The van der Waals surface area contributed by atoms with Crippen LogP contribution < -0.4 is 76.5 Å². The number of nitrogens with two attached hydrogens (primary N) is 5. The number of amides is 15. The second-order valence-corrected chi connectivity index (χ2v) is 34.7. The highest BCUT2D eigenvalue weighted by molar-refractivity contribution is 8.00. The van der Waals surface area contributed by atoms with Crippen molar-refractivity contribution in [2.24, 2.45) is 28.7 Å². The number of benzene rings is 3. The first-order chi connectivity index (χ1) is 62.2. The normalized spacial score (nSPS) is 16.9. The predicted octanol–water partition coefficient (Wildman–Crippen LogP) is -2.92. The highest BCUT2D eigenvalue weighted by Gasteiger charge is 2.45. The molecule has 5 aromatic rings. The minimum atomic E-state index is -1.90. The van der Waals surface area contributed by atoms with Crippen LogP contribution in [-0.4, -0.2) is 319 Å². The van der Waals surface area contributed by atoms with E-state index in [-0.39, 0.29) is 103 Å². The number of aliphatic hydroxyl groups excluding tert-OH is 1. The maximum atomic E-state index is 15.4. The van der Waals surface area contributed by atoms with Gasteiger partial charge in [0.15, 0.2) is 5.78 Å². The number of thiophene rings is 1. The molecule has 4 heterocycles. The Morgan fingerprint density at radius 3 is 1.74 bits per heavy atom. The number of carbonyl (C=O) groups is 18. The number of thioether (sulfide) groups is 1. The van der Waals surface area contributed by atoms with Gasteiger partial charge in [0.2, 0.25) is 88.6 Å². The summed E-state index contributed by atoms with van der Waals surface area (Å²) in [6.07, 6.45) is 0.290. The quantitative estimate of drug-likeness (QED) is 0.0185. The van der Waals surface area contributed by atoms with Crippen molar-refractivity contribution < 1.29 is 107 Å². The molecule has 24 N–H and O–H groups in total. The molecule has 716 valence electrons. The van der Waals surface area contributed by atoms with Crippen LogP contribution >= 0.6 is 23.1 Å². The molecule has 44 heteroatoms. The van der Waals surface area contributed by atoms with E-state index in [2.05, 4.69) is 52.8 Å². The zero-order valence-corrected chi connectivity index (χ0v) is 76.1.